The van der Waals surface area contributed by atoms with Crippen molar-refractivity contribution >= 4 is 12.0 Å². The molecule has 0 aromatic heterocycles. The van der Waals surface area contributed by atoms with Crippen LogP contribution in [0.5, 0.6) is 0 Å². The molecule has 0 rings (SSSR count). The number of carboxylic acids is 1. The monoisotopic (exact) mass is 287 g/mol. The highest BCUT2D eigenvalue weighted by atomic mass is 16.4. The van der Waals surface area contributed by atoms with Gasteiger partial charge in [-0.2, -0.15) is 0 Å². The smallest absolute Gasteiger partial charge is 0.323 e. The third kappa shape index (κ3) is 7.99. The van der Waals surface area contributed by atoms with Crippen molar-refractivity contribution in [3.63, 3.8) is 0 Å². The average Bonchev–Trinajstić information content (AvgIpc) is 2.40. The first-order valence-corrected chi connectivity index (χ1v) is 7.44. The third-order valence-electron chi connectivity index (χ3n) is 3.37. The Balaban J connectivity index is 4.02. The highest BCUT2D eigenvalue weighted by molar-refractivity contribution is 5.80. The van der Waals surface area contributed by atoms with Crippen LogP contribution in [0.25, 0.3) is 0 Å². The molecular weight excluding hydrogens is 258 g/mol. The fourth-order valence-corrected chi connectivity index (χ4v) is 2.03. The van der Waals surface area contributed by atoms with Gasteiger partial charge in [0.1, 0.15) is 6.54 Å². The van der Waals surface area contributed by atoms with Crippen LogP contribution in [-0.2, 0) is 4.79 Å². The lowest BCUT2D eigenvalue weighted by atomic mass is 10.2. The van der Waals surface area contributed by atoms with E-state index in [9.17, 15) is 9.59 Å². The molecule has 118 valence electrons. The van der Waals surface area contributed by atoms with Crippen LogP contribution in [0.15, 0.2) is 0 Å². The number of likely N-dealkylation sites (N-methyl/N-ethyl adjacent to an activating group) is 1. The summed E-state index contributed by atoms with van der Waals surface area (Å²) in [7, 11) is 0. The van der Waals surface area contributed by atoms with Gasteiger partial charge in [-0.1, -0.05) is 13.8 Å². The van der Waals surface area contributed by atoms with Crippen LogP contribution < -0.4 is 5.32 Å². The Hall–Kier alpha value is -1.30. The first-order valence-electron chi connectivity index (χ1n) is 7.44. The maximum Gasteiger partial charge on any atom is 0.323 e. The standard InChI is InChI=1S/C14H29N3O3/c1-5-16(6-2)10-8-9-12(4)15-14(20)17(7-3)11-13(18)19/h12H,5-11H2,1-4H3,(H,15,20)(H,18,19). The van der Waals surface area contributed by atoms with Crippen molar-refractivity contribution in [1.82, 2.24) is 15.1 Å². The van der Waals surface area contributed by atoms with Crippen LogP contribution >= 0.6 is 0 Å². The number of hydrogen-bond donors (Lipinski definition) is 2. The number of nitrogens with zero attached hydrogens (tertiary/aromatic N) is 2. The van der Waals surface area contributed by atoms with Gasteiger partial charge in [-0.25, -0.2) is 4.79 Å². The zero-order valence-corrected chi connectivity index (χ0v) is 13.2. The Morgan fingerprint density at radius 1 is 1.15 bits per heavy atom. The SMILES string of the molecule is CCN(CC)CCCC(C)NC(=O)N(CC)CC(=O)O. The molecule has 6 nitrogen and oxygen atoms in total. The Bertz CT molecular complexity index is 293. The summed E-state index contributed by atoms with van der Waals surface area (Å²) in [5.74, 6) is -0.990. The molecule has 6 heteroatoms. The van der Waals surface area contributed by atoms with E-state index in [2.05, 4.69) is 24.1 Å². The van der Waals surface area contributed by atoms with E-state index in [4.69, 9.17) is 5.11 Å². The lowest BCUT2D eigenvalue weighted by Gasteiger charge is -2.23. The van der Waals surface area contributed by atoms with Gasteiger partial charge in [-0.15, -0.1) is 0 Å². The van der Waals surface area contributed by atoms with Crippen molar-refractivity contribution in [3.8, 4) is 0 Å². The number of carbonyl (C=O) groups excluding carboxylic acids is 1. The van der Waals surface area contributed by atoms with Gasteiger partial charge in [0.05, 0.1) is 0 Å². The Kier molecular flexibility index (Phi) is 9.80. The van der Waals surface area contributed by atoms with Gasteiger partial charge >= 0.3 is 12.0 Å². The summed E-state index contributed by atoms with van der Waals surface area (Å²) in [5.41, 5.74) is 0. The summed E-state index contributed by atoms with van der Waals surface area (Å²) < 4.78 is 0. The topological polar surface area (TPSA) is 72.9 Å². The van der Waals surface area contributed by atoms with Crippen molar-refractivity contribution in [2.45, 2.75) is 46.6 Å². The van der Waals surface area contributed by atoms with Crippen LogP contribution in [0, 0.1) is 0 Å². The van der Waals surface area contributed by atoms with Gasteiger partial charge in [0.15, 0.2) is 0 Å². The first-order chi connectivity index (χ1) is 9.44. The number of rotatable bonds is 10. The van der Waals surface area contributed by atoms with Gasteiger partial charge in [0, 0.05) is 12.6 Å². The van der Waals surface area contributed by atoms with Gasteiger partial charge in [0.2, 0.25) is 0 Å². The maximum atomic E-state index is 11.9. The van der Waals surface area contributed by atoms with Crippen molar-refractivity contribution in [3.05, 3.63) is 0 Å². The second kappa shape index (κ2) is 10.5. The predicted octanol–water partition coefficient (Wildman–Crippen LogP) is 1.61. The van der Waals surface area contributed by atoms with E-state index in [1.54, 1.807) is 6.92 Å². The molecule has 0 radical (unpaired) electrons. The van der Waals surface area contributed by atoms with Gasteiger partial charge in [0.25, 0.3) is 0 Å². The van der Waals surface area contributed by atoms with Crippen molar-refractivity contribution in [2.75, 3.05) is 32.7 Å². The molecule has 0 heterocycles. The third-order valence-corrected chi connectivity index (χ3v) is 3.37. The molecule has 1 atom stereocenters. The summed E-state index contributed by atoms with van der Waals surface area (Å²) in [5, 5.41) is 11.6. The lowest BCUT2D eigenvalue weighted by Crippen LogP contribution is -2.45. The molecule has 0 bridgehead atoms. The van der Waals surface area contributed by atoms with E-state index in [1.165, 1.54) is 4.90 Å². The number of urea groups is 1. The van der Waals surface area contributed by atoms with Crippen LogP contribution in [-0.4, -0.2) is 65.7 Å². The summed E-state index contributed by atoms with van der Waals surface area (Å²) in [6.45, 7) is 11.2. The molecule has 0 aromatic carbocycles. The molecule has 0 aliphatic heterocycles. The first kappa shape index (κ1) is 18.7. The summed E-state index contributed by atoms with van der Waals surface area (Å²) in [6.07, 6.45) is 1.92. The molecule has 0 aliphatic rings. The normalized spacial score (nSPS) is 12.2. The minimum absolute atomic E-state index is 0.0564. The molecule has 2 amide bonds. The minimum atomic E-state index is -0.990. The molecule has 1 unspecified atom stereocenters. The van der Waals surface area contributed by atoms with E-state index in [0.29, 0.717) is 6.54 Å². The predicted molar refractivity (Wildman–Crippen MR) is 79.9 cm³/mol. The number of carbonyl (C=O) groups is 2. The molecule has 0 fully saturated rings. The second-order valence-electron chi connectivity index (χ2n) is 4.93. The number of hydrogen-bond acceptors (Lipinski definition) is 3. The summed E-state index contributed by atoms with van der Waals surface area (Å²) in [6, 6.07) is -0.244. The average molecular weight is 287 g/mol. The highest BCUT2D eigenvalue weighted by Gasteiger charge is 2.16. The number of aliphatic carboxylic acids is 1. The molecule has 0 saturated carbocycles. The maximum absolute atomic E-state index is 11.9. The number of nitrogens with one attached hydrogen (secondary N) is 1. The Morgan fingerprint density at radius 3 is 2.20 bits per heavy atom. The van der Waals surface area contributed by atoms with E-state index in [1.807, 2.05) is 6.92 Å². The molecule has 0 aromatic rings. The fraction of sp³-hybridized carbons (Fsp3) is 0.857. The number of carboxylic acid groups (broad SMARTS) is 1. The van der Waals surface area contributed by atoms with E-state index >= 15 is 0 Å². The van der Waals surface area contributed by atoms with Gasteiger partial charge < -0.3 is 20.2 Å². The molecule has 2 N–H and O–H groups in total. The van der Waals surface area contributed by atoms with Crippen LogP contribution in [0.4, 0.5) is 4.79 Å². The molecule has 20 heavy (non-hydrogen) atoms. The lowest BCUT2D eigenvalue weighted by molar-refractivity contribution is -0.137. The van der Waals surface area contributed by atoms with Crippen LogP contribution in [0.3, 0.4) is 0 Å². The highest BCUT2D eigenvalue weighted by Crippen LogP contribution is 2.01. The van der Waals surface area contributed by atoms with Crippen LogP contribution in [0.1, 0.15) is 40.5 Å². The molecule has 0 spiro atoms. The quantitative estimate of drug-likeness (QED) is 0.640. The van der Waals surface area contributed by atoms with E-state index in [0.717, 1.165) is 32.5 Å². The Labute approximate surface area is 122 Å². The largest absolute Gasteiger partial charge is 0.480 e. The van der Waals surface area contributed by atoms with E-state index < -0.39 is 5.97 Å². The molecular formula is C14H29N3O3. The fourth-order valence-electron chi connectivity index (χ4n) is 2.03. The zero-order chi connectivity index (χ0) is 15.5. The zero-order valence-electron chi connectivity index (χ0n) is 13.2. The summed E-state index contributed by atoms with van der Waals surface area (Å²) in [4.78, 5) is 26.2. The van der Waals surface area contributed by atoms with Gasteiger partial charge in [-0.3, -0.25) is 4.79 Å². The Morgan fingerprint density at radius 2 is 1.75 bits per heavy atom. The van der Waals surface area contributed by atoms with Crippen molar-refractivity contribution in [2.24, 2.45) is 0 Å². The second-order valence-corrected chi connectivity index (χ2v) is 4.93. The van der Waals surface area contributed by atoms with E-state index in [-0.39, 0.29) is 18.6 Å². The minimum Gasteiger partial charge on any atom is -0.480 e. The van der Waals surface area contributed by atoms with Crippen molar-refractivity contribution < 1.29 is 14.7 Å². The van der Waals surface area contributed by atoms with Gasteiger partial charge in [-0.05, 0) is 46.3 Å². The van der Waals surface area contributed by atoms with Crippen LogP contribution in [0.2, 0.25) is 0 Å². The van der Waals surface area contributed by atoms with Crippen molar-refractivity contribution in [1.29, 1.82) is 0 Å². The summed E-state index contributed by atoms with van der Waals surface area (Å²) >= 11 is 0. The molecule has 0 aliphatic carbocycles. The molecule has 0 saturated heterocycles. The number of amides is 2.